The first-order valence-electron chi connectivity index (χ1n) is 8.79. The monoisotopic (exact) mass is 414 g/mol. The molecule has 8 nitrogen and oxygen atoms in total. The van der Waals surface area contributed by atoms with Crippen molar-refractivity contribution in [3.63, 3.8) is 0 Å². The molecular formula is C20H18N2O6S. The van der Waals surface area contributed by atoms with Crippen LogP contribution in [0.4, 0.5) is 0 Å². The van der Waals surface area contributed by atoms with Crippen LogP contribution in [0, 0.1) is 0 Å². The van der Waals surface area contributed by atoms with Crippen molar-refractivity contribution in [2.75, 3.05) is 13.2 Å². The van der Waals surface area contributed by atoms with Crippen LogP contribution in [-0.4, -0.2) is 47.5 Å². The average Bonchev–Trinajstić information content (AvgIpc) is 3.17. The number of ketones is 1. The van der Waals surface area contributed by atoms with Gasteiger partial charge in [0.15, 0.2) is 6.61 Å². The quantitative estimate of drug-likeness (QED) is 0.416. The first-order chi connectivity index (χ1) is 13.8. The minimum absolute atomic E-state index is 0.0282. The molecule has 1 aromatic heterocycles. The lowest BCUT2D eigenvalue weighted by Crippen LogP contribution is -2.45. The van der Waals surface area contributed by atoms with E-state index in [4.69, 9.17) is 4.74 Å². The predicted octanol–water partition coefficient (Wildman–Crippen LogP) is 1.34. The summed E-state index contributed by atoms with van der Waals surface area (Å²) in [5.41, 5.74) is 0.997. The van der Waals surface area contributed by atoms with Crippen LogP contribution in [0.1, 0.15) is 37.4 Å². The molecule has 0 spiro atoms. The second kappa shape index (κ2) is 8.78. The highest BCUT2D eigenvalue weighted by Gasteiger charge is 2.32. The molecule has 0 atom stereocenters. The summed E-state index contributed by atoms with van der Waals surface area (Å²) in [6.07, 6.45) is 0.0282. The first kappa shape index (κ1) is 20.4. The van der Waals surface area contributed by atoms with E-state index in [-0.39, 0.29) is 12.3 Å². The van der Waals surface area contributed by atoms with Crippen molar-refractivity contribution < 1.29 is 28.7 Å². The Morgan fingerprint density at radius 3 is 2.66 bits per heavy atom. The number of ether oxygens (including phenoxy) is 1. The Labute approximate surface area is 170 Å². The largest absolute Gasteiger partial charge is 0.456 e. The van der Waals surface area contributed by atoms with Crippen molar-refractivity contribution in [1.29, 1.82) is 0 Å². The molecular weight excluding hydrogens is 396 g/mol. The molecule has 150 valence electrons. The number of nitrogens with one attached hydrogen (secondary N) is 1. The number of benzene rings is 1. The smallest absolute Gasteiger partial charge is 0.326 e. The van der Waals surface area contributed by atoms with Crippen molar-refractivity contribution in [2.45, 2.75) is 19.9 Å². The summed E-state index contributed by atoms with van der Waals surface area (Å²) >= 11 is 1.19. The second-order valence-corrected chi connectivity index (χ2v) is 7.55. The average molecular weight is 414 g/mol. The Morgan fingerprint density at radius 1 is 1.14 bits per heavy atom. The number of hydrogen-bond acceptors (Lipinski definition) is 7. The third kappa shape index (κ3) is 4.94. The highest BCUT2D eigenvalue weighted by atomic mass is 32.1. The molecule has 1 aromatic carbocycles. The first-order valence-corrected chi connectivity index (χ1v) is 9.61. The molecule has 1 N–H and O–H groups in total. The summed E-state index contributed by atoms with van der Waals surface area (Å²) in [6, 6.07) is 10.0. The number of fused-ring (bicyclic) bond motifs is 1. The van der Waals surface area contributed by atoms with E-state index in [1.165, 1.54) is 18.3 Å². The van der Waals surface area contributed by atoms with Gasteiger partial charge in [-0.2, -0.15) is 0 Å². The molecule has 3 rings (SSSR count). The number of nitrogens with zero attached hydrogens (tertiary/aromatic N) is 1. The number of thiophene rings is 1. The lowest BCUT2D eigenvalue weighted by molar-refractivity contribution is -0.146. The van der Waals surface area contributed by atoms with Crippen molar-refractivity contribution in [2.24, 2.45) is 0 Å². The summed E-state index contributed by atoms with van der Waals surface area (Å²) in [7, 11) is 0. The number of Topliss-reactive ketones (excluding diaryl/α,β-unsaturated/α-hetero) is 1. The Balaban J connectivity index is 1.53. The van der Waals surface area contributed by atoms with Crippen molar-refractivity contribution in [3.8, 4) is 0 Å². The normalized spacial score (nSPS) is 13.1. The van der Waals surface area contributed by atoms with Gasteiger partial charge in [-0.1, -0.05) is 18.2 Å². The predicted molar refractivity (Wildman–Crippen MR) is 103 cm³/mol. The molecule has 9 heteroatoms. The zero-order valence-electron chi connectivity index (χ0n) is 15.6. The van der Waals surface area contributed by atoms with Crippen LogP contribution < -0.4 is 5.32 Å². The standard InChI is InChI=1S/C20H18N2O6S/c1-12(23)21-9-14-6-7-17(29-14)16(24)11-28-19(26)10-22-18(25)8-13-4-2-3-5-15(13)20(22)27/h2-7H,8-11H2,1H3,(H,21,23). The fraction of sp³-hybridized carbons (Fsp3) is 0.250. The SMILES string of the molecule is CC(=O)NCc1ccc(C(=O)COC(=O)CN2C(=O)Cc3ccccc3C2=O)s1. The van der Waals surface area contributed by atoms with Gasteiger partial charge in [-0.15, -0.1) is 11.3 Å². The number of carbonyl (C=O) groups is 5. The lowest BCUT2D eigenvalue weighted by Gasteiger charge is -2.25. The molecule has 0 aliphatic carbocycles. The van der Waals surface area contributed by atoms with Gasteiger partial charge in [-0.25, -0.2) is 0 Å². The van der Waals surface area contributed by atoms with Crippen LogP contribution >= 0.6 is 11.3 Å². The van der Waals surface area contributed by atoms with Gasteiger partial charge in [0.25, 0.3) is 5.91 Å². The van der Waals surface area contributed by atoms with E-state index in [2.05, 4.69) is 5.32 Å². The lowest BCUT2D eigenvalue weighted by atomic mass is 9.98. The number of amides is 3. The third-order valence-corrected chi connectivity index (χ3v) is 5.36. The topological polar surface area (TPSA) is 110 Å². The molecule has 0 bridgehead atoms. The van der Waals surface area contributed by atoms with E-state index in [1.54, 1.807) is 36.4 Å². The summed E-state index contributed by atoms with van der Waals surface area (Å²) in [4.78, 5) is 61.8. The molecule has 0 saturated heterocycles. The highest BCUT2D eigenvalue weighted by Crippen LogP contribution is 2.20. The van der Waals surface area contributed by atoms with Gasteiger partial charge in [-0.3, -0.25) is 28.9 Å². The van der Waals surface area contributed by atoms with Gasteiger partial charge in [0.05, 0.1) is 17.8 Å². The van der Waals surface area contributed by atoms with Crippen molar-refractivity contribution >= 4 is 40.8 Å². The summed E-state index contributed by atoms with van der Waals surface area (Å²) < 4.78 is 4.96. The zero-order chi connectivity index (χ0) is 21.0. The van der Waals surface area contributed by atoms with Gasteiger partial charge in [0, 0.05) is 17.4 Å². The minimum atomic E-state index is -0.838. The Bertz CT molecular complexity index is 996. The van der Waals surface area contributed by atoms with Crippen LogP contribution in [0.2, 0.25) is 0 Å². The van der Waals surface area contributed by atoms with E-state index in [1.807, 2.05) is 0 Å². The van der Waals surface area contributed by atoms with Crippen molar-refractivity contribution in [3.05, 3.63) is 57.3 Å². The van der Waals surface area contributed by atoms with E-state index in [0.717, 1.165) is 9.78 Å². The molecule has 0 unspecified atom stereocenters. The molecule has 0 radical (unpaired) electrons. The Kier molecular flexibility index (Phi) is 6.18. The van der Waals surface area contributed by atoms with E-state index >= 15 is 0 Å². The van der Waals surface area contributed by atoms with Crippen LogP contribution in [0.5, 0.6) is 0 Å². The van der Waals surface area contributed by atoms with Gasteiger partial charge in [0.2, 0.25) is 17.6 Å². The number of hydrogen-bond donors (Lipinski definition) is 1. The van der Waals surface area contributed by atoms with Gasteiger partial charge < -0.3 is 10.1 Å². The molecule has 1 aliphatic heterocycles. The molecule has 2 heterocycles. The van der Waals surface area contributed by atoms with E-state index < -0.39 is 36.7 Å². The fourth-order valence-electron chi connectivity index (χ4n) is 2.79. The summed E-state index contributed by atoms with van der Waals surface area (Å²) in [5.74, 6) is -2.46. The molecule has 29 heavy (non-hydrogen) atoms. The van der Waals surface area contributed by atoms with Gasteiger partial charge in [0.1, 0.15) is 6.54 Å². The second-order valence-electron chi connectivity index (χ2n) is 6.38. The van der Waals surface area contributed by atoms with Gasteiger partial charge >= 0.3 is 5.97 Å². The minimum Gasteiger partial charge on any atom is -0.456 e. The van der Waals surface area contributed by atoms with Crippen LogP contribution in [0.15, 0.2) is 36.4 Å². The number of rotatable bonds is 7. The zero-order valence-corrected chi connectivity index (χ0v) is 16.4. The van der Waals surface area contributed by atoms with Crippen LogP contribution in [-0.2, 0) is 32.1 Å². The number of esters is 1. The fourth-order valence-corrected chi connectivity index (χ4v) is 3.66. The molecule has 2 aromatic rings. The molecule has 1 aliphatic rings. The maximum Gasteiger partial charge on any atom is 0.326 e. The van der Waals surface area contributed by atoms with Crippen LogP contribution in [0.25, 0.3) is 0 Å². The van der Waals surface area contributed by atoms with E-state index in [0.29, 0.717) is 22.5 Å². The van der Waals surface area contributed by atoms with Gasteiger partial charge in [-0.05, 0) is 23.8 Å². The maximum absolute atomic E-state index is 12.4. The number of imide groups is 1. The summed E-state index contributed by atoms with van der Waals surface area (Å²) in [5, 5.41) is 2.63. The Morgan fingerprint density at radius 2 is 1.90 bits per heavy atom. The molecule has 0 fully saturated rings. The maximum atomic E-state index is 12.4. The summed E-state index contributed by atoms with van der Waals surface area (Å²) in [6.45, 7) is 0.673. The third-order valence-electron chi connectivity index (χ3n) is 4.24. The highest BCUT2D eigenvalue weighted by molar-refractivity contribution is 7.14. The van der Waals surface area contributed by atoms with Crippen molar-refractivity contribution in [1.82, 2.24) is 10.2 Å². The Hall–Kier alpha value is -3.33. The molecule has 3 amide bonds. The number of carbonyl (C=O) groups excluding carboxylic acids is 5. The molecule has 0 saturated carbocycles. The van der Waals surface area contributed by atoms with E-state index in [9.17, 15) is 24.0 Å². The van der Waals surface area contributed by atoms with Crippen LogP contribution in [0.3, 0.4) is 0 Å².